The predicted octanol–water partition coefficient (Wildman–Crippen LogP) is 3.06. The van der Waals surface area contributed by atoms with Crippen molar-refractivity contribution < 1.29 is 13.9 Å². The third-order valence-electron chi connectivity index (χ3n) is 2.85. The van der Waals surface area contributed by atoms with Crippen LogP contribution in [0.5, 0.6) is 11.5 Å². The number of hydrogen-bond acceptors (Lipinski definition) is 5. The van der Waals surface area contributed by atoms with Crippen molar-refractivity contribution in [2.75, 3.05) is 20.0 Å². The van der Waals surface area contributed by atoms with Crippen LogP contribution in [0, 0.1) is 0 Å². The van der Waals surface area contributed by atoms with Crippen LogP contribution in [-0.4, -0.2) is 19.2 Å². The summed E-state index contributed by atoms with van der Waals surface area (Å²) in [6.07, 6.45) is 0. The summed E-state index contributed by atoms with van der Waals surface area (Å²) in [5, 5.41) is 0. The topological polar surface area (TPSA) is 70.5 Å². The fourth-order valence-electron chi connectivity index (χ4n) is 1.93. The van der Waals surface area contributed by atoms with Crippen molar-refractivity contribution in [3.63, 3.8) is 0 Å². The van der Waals surface area contributed by atoms with Gasteiger partial charge in [0.25, 0.3) is 6.01 Å². The Hall–Kier alpha value is -2.17. The van der Waals surface area contributed by atoms with Gasteiger partial charge in [-0.05, 0) is 18.2 Å². The lowest BCUT2D eigenvalue weighted by Crippen LogP contribution is -1.93. The Morgan fingerprint density at radius 1 is 1.16 bits per heavy atom. The minimum absolute atomic E-state index is 0.175. The van der Waals surface area contributed by atoms with E-state index in [1.807, 2.05) is 32.0 Å². The Morgan fingerprint density at radius 2 is 1.84 bits per heavy atom. The molecule has 102 valence electrons. The fourth-order valence-corrected chi connectivity index (χ4v) is 1.93. The number of aromatic nitrogens is 1. The van der Waals surface area contributed by atoms with E-state index in [4.69, 9.17) is 19.6 Å². The number of ether oxygens (including phenoxy) is 2. The number of methoxy groups -OCH3 is 2. The van der Waals surface area contributed by atoms with Crippen molar-refractivity contribution in [2.24, 2.45) is 0 Å². The normalized spacial score (nSPS) is 10.8. The van der Waals surface area contributed by atoms with Crippen LogP contribution in [0.2, 0.25) is 0 Å². The standard InChI is InChI=1S/C14H18N2O3/c1-8(2)13-12(16-14(15)19-13)9-5-6-10(17-3)11(7-9)18-4/h5-8H,1-4H3,(H2,15,16). The van der Waals surface area contributed by atoms with Gasteiger partial charge in [-0.1, -0.05) is 13.8 Å². The largest absolute Gasteiger partial charge is 0.493 e. The fraction of sp³-hybridized carbons (Fsp3) is 0.357. The van der Waals surface area contributed by atoms with Crippen LogP contribution in [0.15, 0.2) is 22.6 Å². The van der Waals surface area contributed by atoms with Gasteiger partial charge in [-0.3, -0.25) is 0 Å². The molecule has 2 aromatic rings. The molecule has 1 aromatic carbocycles. The van der Waals surface area contributed by atoms with Crippen LogP contribution in [0.3, 0.4) is 0 Å². The molecule has 0 unspecified atom stereocenters. The van der Waals surface area contributed by atoms with Crippen molar-refractivity contribution in [1.29, 1.82) is 0 Å². The monoisotopic (exact) mass is 262 g/mol. The van der Waals surface area contributed by atoms with Gasteiger partial charge in [0.1, 0.15) is 11.5 Å². The molecule has 1 heterocycles. The summed E-state index contributed by atoms with van der Waals surface area (Å²) < 4.78 is 16.0. The van der Waals surface area contributed by atoms with Crippen molar-refractivity contribution in [1.82, 2.24) is 4.98 Å². The zero-order chi connectivity index (χ0) is 14.0. The second kappa shape index (κ2) is 5.22. The number of nitrogens with two attached hydrogens (primary N) is 1. The van der Waals surface area contributed by atoms with Crippen LogP contribution >= 0.6 is 0 Å². The van der Waals surface area contributed by atoms with Crippen LogP contribution in [-0.2, 0) is 0 Å². The molecule has 0 aliphatic heterocycles. The molecule has 0 aliphatic carbocycles. The molecule has 0 saturated carbocycles. The molecule has 0 fully saturated rings. The summed E-state index contributed by atoms with van der Waals surface area (Å²) >= 11 is 0. The van der Waals surface area contributed by atoms with Crippen LogP contribution in [0.4, 0.5) is 6.01 Å². The number of anilines is 1. The molecule has 2 N–H and O–H groups in total. The lowest BCUT2D eigenvalue weighted by atomic mass is 10.0. The van der Waals surface area contributed by atoms with Gasteiger partial charge < -0.3 is 19.6 Å². The van der Waals surface area contributed by atoms with Gasteiger partial charge in [-0.15, -0.1) is 0 Å². The smallest absolute Gasteiger partial charge is 0.292 e. The first-order valence-electron chi connectivity index (χ1n) is 6.05. The Morgan fingerprint density at radius 3 is 2.42 bits per heavy atom. The highest BCUT2D eigenvalue weighted by molar-refractivity contribution is 5.67. The van der Waals surface area contributed by atoms with Gasteiger partial charge in [0.15, 0.2) is 11.5 Å². The Labute approximate surface area is 112 Å². The average Bonchev–Trinajstić information content (AvgIpc) is 2.80. The minimum Gasteiger partial charge on any atom is -0.493 e. The van der Waals surface area contributed by atoms with Crippen molar-refractivity contribution in [2.45, 2.75) is 19.8 Å². The van der Waals surface area contributed by atoms with E-state index in [1.54, 1.807) is 14.2 Å². The molecule has 19 heavy (non-hydrogen) atoms. The minimum atomic E-state index is 0.175. The molecule has 0 atom stereocenters. The lowest BCUT2D eigenvalue weighted by molar-refractivity contribution is 0.355. The third-order valence-corrected chi connectivity index (χ3v) is 2.85. The second-order valence-electron chi connectivity index (χ2n) is 4.49. The molecule has 5 heteroatoms. The van der Waals surface area contributed by atoms with E-state index in [1.165, 1.54) is 0 Å². The van der Waals surface area contributed by atoms with E-state index in [-0.39, 0.29) is 11.9 Å². The maximum atomic E-state index is 5.65. The van der Waals surface area contributed by atoms with Gasteiger partial charge in [0, 0.05) is 11.5 Å². The number of benzene rings is 1. The zero-order valence-electron chi connectivity index (χ0n) is 11.6. The average molecular weight is 262 g/mol. The van der Waals surface area contributed by atoms with E-state index >= 15 is 0 Å². The van der Waals surface area contributed by atoms with Gasteiger partial charge in [-0.25, -0.2) is 0 Å². The molecule has 0 spiro atoms. The van der Waals surface area contributed by atoms with Gasteiger partial charge in [0.2, 0.25) is 0 Å². The molecule has 2 rings (SSSR count). The predicted molar refractivity (Wildman–Crippen MR) is 73.5 cm³/mol. The van der Waals surface area contributed by atoms with Gasteiger partial charge in [-0.2, -0.15) is 4.98 Å². The van der Waals surface area contributed by atoms with E-state index in [2.05, 4.69) is 4.98 Å². The van der Waals surface area contributed by atoms with E-state index in [0.29, 0.717) is 11.5 Å². The lowest BCUT2D eigenvalue weighted by Gasteiger charge is -2.09. The summed E-state index contributed by atoms with van der Waals surface area (Å²) in [6.45, 7) is 4.06. The Balaban J connectivity index is 2.53. The Kier molecular flexibility index (Phi) is 3.64. The van der Waals surface area contributed by atoms with E-state index in [9.17, 15) is 0 Å². The maximum Gasteiger partial charge on any atom is 0.292 e. The highest BCUT2D eigenvalue weighted by Gasteiger charge is 2.18. The number of rotatable bonds is 4. The van der Waals surface area contributed by atoms with E-state index in [0.717, 1.165) is 17.0 Å². The summed E-state index contributed by atoms with van der Waals surface area (Å²) in [5.74, 6) is 2.29. The molecule has 0 amide bonds. The van der Waals surface area contributed by atoms with Gasteiger partial charge in [0.05, 0.1) is 14.2 Å². The quantitative estimate of drug-likeness (QED) is 0.916. The van der Waals surface area contributed by atoms with Crippen LogP contribution < -0.4 is 15.2 Å². The first-order chi connectivity index (χ1) is 9.06. The number of nitrogens with zero attached hydrogens (tertiary/aromatic N) is 1. The van der Waals surface area contributed by atoms with Crippen molar-refractivity contribution in [3.05, 3.63) is 24.0 Å². The molecule has 0 bridgehead atoms. The molecule has 5 nitrogen and oxygen atoms in total. The van der Waals surface area contributed by atoms with E-state index < -0.39 is 0 Å². The second-order valence-corrected chi connectivity index (χ2v) is 4.49. The molecular formula is C14H18N2O3. The maximum absolute atomic E-state index is 5.65. The molecule has 1 aromatic heterocycles. The highest BCUT2D eigenvalue weighted by atomic mass is 16.5. The molecular weight excluding hydrogens is 244 g/mol. The van der Waals surface area contributed by atoms with Crippen LogP contribution in [0.25, 0.3) is 11.3 Å². The highest BCUT2D eigenvalue weighted by Crippen LogP contribution is 2.35. The first kappa shape index (κ1) is 13.3. The van der Waals surface area contributed by atoms with Crippen molar-refractivity contribution >= 4 is 6.01 Å². The Bertz CT molecular complexity index is 576. The first-order valence-corrected chi connectivity index (χ1v) is 6.05. The third kappa shape index (κ3) is 2.50. The summed E-state index contributed by atoms with van der Waals surface area (Å²) in [7, 11) is 3.20. The molecule has 0 radical (unpaired) electrons. The number of oxazole rings is 1. The van der Waals surface area contributed by atoms with Crippen LogP contribution in [0.1, 0.15) is 25.5 Å². The summed E-state index contributed by atoms with van der Waals surface area (Å²) in [5.41, 5.74) is 7.28. The SMILES string of the molecule is COc1ccc(-c2nc(N)oc2C(C)C)cc1OC. The molecule has 0 aliphatic rings. The van der Waals surface area contributed by atoms with Gasteiger partial charge >= 0.3 is 0 Å². The summed E-state index contributed by atoms with van der Waals surface area (Å²) in [4.78, 5) is 4.25. The molecule has 0 saturated heterocycles. The zero-order valence-corrected chi connectivity index (χ0v) is 11.6. The number of hydrogen-bond donors (Lipinski definition) is 1. The summed E-state index contributed by atoms with van der Waals surface area (Å²) in [6, 6.07) is 5.78. The number of nitrogen functional groups attached to an aromatic ring is 1. The van der Waals surface area contributed by atoms with Crippen molar-refractivity contribution in [3.8, 4) is 22.8 Å².